The number of carbonyl (C=O) groups is 1. The van der Waals surface area contributed by atoms with Gasteiger partial charge in [0, 0.05) is 11.6 Å². The van der Waals surface area contributed by atoms with Crippen LogP contribution >= 0.6 is 11.3 Å². The first-order chi connectivity index (χ1) is 7.58. The Kier molecular flexibility index (Phi) is 2.57. The number of phenolic OH excluding ortho intramolecular Hbond substituents is 1. The molecule has 0 spiro atoms. The summed E-state index contributed by atoms with van der Waals surface area (Å²) in [6, 6.07) is 3.63. The third kappa shape index (κ3) is 1.87. The van der Waals surface area contributed by atoms with Crippen molar-refractivity contribution in [3.8, 4) is 16.3 Å². The van der Waals surface area contributed by atoms with E-state index >= 15 is 0 Å². The molecule has 0 saturated carbocycles. The quantitative estimate of drug-likeness (QED) is 0.843. The summed E-state index contributed by atoms with van der Waals surface area (Å²) in [4.78, 5) is 14.5. The molecule has 16 heavy (non-hydrogen) atoms. The molecular formula is C10H6FNO3S. The molecule has 1 aromatic carbocycles. The third-order valence-electron chi connectivity index (χ3n) is 1.90. The Labute approximate surface area is 93.6 Å². The molecule has 0 aliphatic heterocycles. The maximum atomic E-state index is 13.4. The number of rotatable bonds is 2. The molecule has 0 saturated heterocycles. The van der Waals surface area contributed by atoms with Crippen molar-refractivity contribution in [2.75, 3.05) is 0 Å². The number of benzene rings is 1. The fourth-order valence-electron chi connectivity index (χ4n) is 1.17. The number of thiazole rings is 1. The van der Waals surface area contributed by atoms with Gasteiger partial charge in [-0.15, -0.1) is 11.3 Å². The van der Waals surface area contributed by atoms with Crippen molar-refractivity contribution in [3.05, 3.63) is 35.1 Å². The second-order valence-corrected chi connectivity index (χ2v) is 4.03. The molecule has 0 aliphatic rings. The zero-order valence-corrected chi connectivity index (χ0v) is 8.66. The van der Waals surface area contributed by atoms with E-state index in [1.807, 2.05) is 0 Å². The Morgan fingerprint density at radius 3 is 2.75 bits per heavy atom. The fraction of sp³-hybridized carbons (Fsp3) is 0. The summed E-state index contributed by atoms with van der Waals surface area (Å²) in [7, 11) is 0. The van der Waals surface area contributed by atoms with Crippen LogP contribution in [0.4, 0.5) is 4.39 Å². The summed E-state index contributed by atoms with van der Waals surface area (Å²) in [5.74, 6) is -1.91. The number of aromatic carboxylic acids is 1. The summed E-state index contributed by atoms with van der Waals surface area (Å²) in [6.45, 7) is 0. The van der Waals surface area contributed by atoms with Crippen molar-refractivity contribution in [1.82, 2.24) is 4.98 Å². The van der Waals surface area contributed by atoms with E-state index in [2.05, 4.69) is 4.98 Å². The van der Waals surface area contributed by atoms with Crippen LogP contribution in [0.25, 0.3) is 10.6 Å². The first-order valence-electron chi connectivity index (χ1n) is 4.26. The lowest BCUT2D eigenvalue weighted by molar-refractivity contribution is 0.0702. The van der Waals surface area contributed by atoms with Crippen LogP contribution in [0.15, 0.2) is 24.4 Å². The van der Waals surface area contributed by atoms with Crippen LogP contribution in [-0.4, -0.2) is 21.2 Å². The van der Waals surface area contributed by atoms with Gasteiger partial charge in [0.05, 0.1) is 6.20 Å². The molecule has 0 radical (unpaired) electrons. The topological polar surface area (TPSA) is 70.4 Å². The zero-order chi connectivity index (χ0) is 11.7. The summed E-state index contributed by atoms with van der Waals surface area (Å²) in [6.07, 6.45) is 1.18. The molecule has 1 aromatic heterocycles. The predicted molar refractivity (Wildman–Crippen MR) is 56.1 cm³/mol. The Morgan fingerprint density at radius 1 is 1.44 bits per heavy atom. The average molecular weight is 239 g/mol. The van der Waals surface area contributed by atoms with Gasteiger partial charge in [-0.25, -0.2) is 14.2 Å². The van der Waals surface area contributed by atoms with Gasteiger partial charge in [0.2, 0.25) is 0 Å². The van der Waals surface area contributed by atoms with Crippen LogP contribution in [-0.2, 0) is 0 Å². The van der Waals surface area contributed by atoms with Gasteiger partial charge < -0.3 is 10.2 Å². The summed E-state index contributed by atoms with van der Waals surface area (Å²) < 4.78 is 13.4. The normalized spacial score (nSPS) is 10.3. The second kappa shape index (κ2) is 3.90. The standard InChI is InChI=1S/C10H6FNO3S/c11-7-3-5(13)1-2-6(7)9-12-4-8(16-9)10(14)15/h1-4,13H,(H,14,15). The second-order valence-electron chi connectivity index (χ2n) is 3.00. The summed E-state index contributed by atoms with van der Waals surface area (Å²) in [5, 5.41) is 18.0. The summed E-state index contributed by atoms with van der Waals surface area (Å²) in [5.41, 5.74) is 0.176. The van der Waals surface area contributed by atoms with Crippen molar-refractivity contribution >= 4 is 17.3 Å². The van der Waals surface area contributed by atoms with Gasteiger partial charge in [0.15, 0.2) is 0 Å². The number of carboxylic acid groups (broad SMARTS) is 1. The van der Waals surface area contributed by atoms with E-state index < -0.39 is 11.8 Å². The van der Waals surface area contributed by atoms with E-state index in [0.29, 0.717) is 0 Å². The van der Waals surface area contributed by atoms with Crippen LogP contribution in [0, 0.1) is 5.82 Å². The lowest BCUT2D eigenvalue weighted by Crippen LogP contribution is -1.89. The zero-order valence-electron chi connectivity index (χ0n) is 7.85. The Balaban J connectivity index is 2.46. The van der Waals surface area contributed by atoms with E-state index in [1.54, 1.807) is 0 Å². The molecule has 2 N–H and O–H groups in total. The minimum Gasteiger partial charge on any atom is -0.508 e. The molecule has 0 bridgehead atoms. The number of phenols is 1. The molecule has 82 valence electrons. The SMILES string of the molecule is O=C(O)c1cnc(-c2ccc(O)cc2F)s1. The van der Waals surface area contributed by atoms with Gasteiger partial charge in [-0.1, -0.05) is 0 Å². The maximum Gasteiger partial charge on any atom is 0.347 e. The van der Waals surface area contributed by atoms with Crippen LogP contribution in [0.3, 0.4) is 0 Å². The number of halogens is 1. The van der Waals surface area contributed by atoms with E-state index in [1.165, 1.54) is 18.3 Å². The van der Waals surface area contributed by atoms with Crippen LogP contribution in [0.1, 0.15) is 9.67 Å². The molecule has 1 heterocycles. The Bertz CT molecular complexity index is 553. The number of aromatic hydroxyl groups is 1. The van der Waals surface area contributed by atoms with Crippen molar-refractivity contribution in [3.63, 3.8) is 0 Å². The smallest absolute Gasteiger partial charge is 0.347 e. The predicted octanol–water partition coefficient (Wildman–Crippen LogP) is 2.35. The van der Waals surface area contributed by atoms with Crippen molar-refractivity contribution in [2.45, 2.75) is 0 Å². The Morgan fingerprint density at radius 2 is 2.19 bits per heavy atom. The molecule has 0 amide bonds. The van der Waals surface area contributed by atoms with Crippen molar-refractivity contribution in [2.24, 2.45) is 0 Å². The van der Waals surface area contributed by atoms with Gasteiger partial charge >= 0.3 is 5.97 Å². The van der Waals surface area contributed by atoms with E-state index in [-0.39, 0.29) is 21.2 Å². The molecule has 0 unspecified atom stereocenters. The Hall–Kier alpha value is -1.95. The minimum absolute atomic E-state index is 0.0440. The van der Waals surface area contributed by atoms with Crippen molar-refractivity contribution in [1.29, 1.82) is 0 Å². The number of nitrogens with zero attached hydrogens (tertiary/aromatic N) is 1. The van der Waals surface area contributed by atoms with E-state index in [9.17, 15) is 9.18 Å². The molecule has 0 atom stereocenters. The van der Waals surface area contributed by atoms with Gasteiger partial charge in [-0.05, 0) is 12.1 Å². The average Bonchev–Trinajstić information content (AvgIpc) is 2.66. The highest BCUT2D eigenvalue weighted by Crippen LogP contribution is 2.29. The molecular weight excluding hydrogens is 233 g/mol. The number of carboxylic acids is 1. The van der Waals surface area contributed by atoms with Crippen LogP contribution < -0.4 is 0 Å². The lowest BCUT2D eigenvalue weighted by Gasteiger charge is -1.98. The summed E-state index contributed by atoms with van der Waals surface area (Å²) >= 11 is 0.882. The van der Waals surface area contributed by atoms with Gasteiger partial charge in [-0.3, -0.25) is 0 Å². The van der Waals surface area contributed by atoms with Crippen LogP contribution in [0.5, 0.6) is 5.75 Å². The maximum absolute atomic E-state index is 13.4. The monoisotopic (exact) mass is 239 g/mol. The van der Waals surface area contributed by atoms with Gasteiger partial charge in [0.1, 0.15) is 21.5 Å². The van der Waals surface area contributed by atoms with Crippen molar-refractivity contribution < 1.29 is 19.4 Å². The molecule has 4 nitrogen and oxygen atoms in total. The third-order valence-corrected chi connectivity index (χ3v) is 2.92. The van der Waals surface area contributed by atoms with Gasteiger partial charge in [-0.2, -0.15) is 0 Å². The highest BCUT2D eigenvalue weighted by atomic mass is 32.1. The number of hydrogen-bond acceptors (Lipinski definition) is 4. The molecule has 0 fully saturated rings. The minimum atomic E-state index is -1.09. The molecule has 2 rings (SSSR count). The first-order valence-corrected chi connectivity index (χ1v) is 5.07. The number of hydrogen-bond donors (Lipinski definition) is 2. The van der Waals surface area contributed by atoms with E-state index in [4.69, 9.17) is 10.2 Å². The largest absolute Gasteiger partial charge is 0.508 e. The number of aromatic nitrogens is 1. The van der Waals surface area contributed by atoms with Gasteiger partial charge in [0.25, 0.3) is 0 Å². The van der Waals surface area contributed by atoms with E-state index in [0.717, 1.165) is 17.4 Å². The fourth-order valence-corrected chi connectivity index (χ4v) is 1.96. The molecule has 0 aliphatic carbocycles. The highest BCUT2D eigenvalue weighted by molar-refractivity contribution is 7.16. The molecule has 6 heteroatoms. The van der Waals surface area contributed by atoms with Crippen LogP contribution in [0.2, 0.25) is 0 Å². The highest BCUT2D eigenvalue weighted by Gasteiger charge is 2.13. The lowest BCUT2D eigenvalue weighted by atomic mass is 10.2. The first kappa shape index (κ1) is 10.6. The molecule has 2 aromatic rings.